The largest absolute Gasteiger partial charge is 0.298 e. The summed E-state index contributed by atoms with van der Waals surface area (Å²) in [6, 6.07) is 7.40. The summed E-state index contributed by atoms with van der Waals surface area (Å²) >= 11 is 0.427. The molecule has 134 valence electrons. The Balaban J connectivity index is 2.09. The Kier molecular flexibility index (Phi) is 5.08. The van der Waals surface area contributed by atoms with Crippen molar-refractivity contribution in [3.05, 3.63) is 66.0 Å². The van der Waals surface area contributed by atoms with Crippen molar-refractivity contribution in [2.75, 3.05) is 0 Å². The molecule has 26 heavy (non-hydrogen) atoms. The summed E-state index contributed by atoms with van der Waals surface area (Å²) < 4.78 is 56.0. The summed E-state index contributed by atoms with van der Waals surface area (Å²) in [5.74, 6) is -6.18. The highest BCUT2D eigenvalue weighted by atomic mass is 32.2. The summed E-state index contributed by atoms with van der Waals surface area (Å²) in [4.78, 5) is 1.67. The summed E-state index contributed by atoms with van der Waals surface area (Å²) in [6.45, 7) is 5.77. The highest BCUT2D eigenvalue weighted by Gasteiger charge is 2.24. The van der Waals surface area contributed by atoms with E-state index in [1.54, 1.807) is 16.7 Å². The molecule has 1 aromatic carbocycles. The molecule has 9 heteroatoms. The Bertz CT molecular complexity index is 961. The molecule has 4 nitrogen and oxygen atoms in total. The summed E-state index contributed by atoms with van der Waals surface area (Å²) in [5.41, 5.74) is 1.72. The Morgan fingerprint density at radius 3 is 2.42 bits per heavy atom. The predicted molar refractivity (Wildman–Crippen MR) is 88.6 cm³/mol. The SMILES string of the molecule is C=CCn1c(Sc2c(F)c(F)nc(F)c2F)nnc1-c1cccc(C)c1. The quantitative estimate of drug-likeness (QED) is 0.370. The van der Waals surface area contributed by atoms with E-state index in [4.69, 9.17) is 0 Å². The molecule has 0 aliphatic rings. The number of aryl methyl sites for hydroxylation is 1. The first-order valence-corrected chi connectivity index (χ1v) is 8.23. The van der Waals surface area contributed by atoms with Crippen molar-refractivity contribution in [1.29, 1.82) is 0 Å². The van der Waals surface area contributed by atoms with Gasteiger partial charge in [-0.05, 0) is 24.8 Å². The second-order valence-corrected chi connectivity index (χ2v) is 6.31. The lowest BCUT2D eigenvalue weighted by molar-refractivity contribution is 0.383. The second-order valence-electron chi connectivity index (χ2n) is 5.33. The van der Waals surface area contributed by atoms with Crippen LogP contribution in [-0.2, 0) is 6.54 Å². The van der Waals surface area contributed by atoms with Crippen molar-refractivity contribution in [2.45, 2.75) is 23.5 Å². The molecular formula is C17H12F4N4S. The molecular weight excluding hydrogens is 368 g/mol. The van der Waals surface area contributed by atoms with E-state index >= 15 is 0 Å². The van der Waals surface area contributed by atoms with E-state index in [1.807, 2.05) is 25.1 Å². The first-order chi connectivity index (χ1) is 12.4. The number of benzene rings is 1. The molecule has 0 fully saturated rings. The van der Waals surface area contributed by atoms with Gasteiger partial charge in [-0.1, -0.05) is 29.8 Å². The molecule has 0 spiro atoms. The smallest absolute Gasteiger partial charge is 0.252 e. The zero-order valence-electron chi connectivity index (χ0n) is 13.5. The summed E-state index contributed by atoms with van der Waals surface area (Å²) in [7, 11) is 0. The number of hydrogen-bond donors (Lipinski definition) is 0. The zero-order chi connectivity index (χ0) is 18.8. The molecule has 0 bridgehead atoms. The van der Waals surface area contributed by atoms with Crippen molar-refractivity contribution >= 4 is 11.8 Å². The third-order valence-electron chi connectivity index (χ3n) is 3.46. The van der Waals surface area contributed by atoms with E-state index in [0.717, 1.165) is 11.1 Å². The van der Waals surface area contributed by atoms with Gasteiger partial charge in [-0.2, -0.15) is 13.8 Å². The maximum Gasteiger partial charge on any atom is 0.252 e. The minimum absolute atomic E-state index is 0.0595. The van der Waals surface area contributed by atoms with Gasteiger partial charge in [0, 0.05) is 12.1 Å². The van der Waals surface area contributed by atoms with Crippen molar-refractivity contribution in [3.63, 3.8) is 0 Å². The van der Waals surface area contributed by atoms with E-state index in [-0.39, 0.29) is 11.7 Å². The van der Waals surface area contributed by atoms with Crippen molar-refractivity contribution in [1.82, 2.24) is 19.7 Å². The molecule has 0 atom stereocenters. The van der Waals surface area contributed by atoms with E-state index in [9.17, 15) is 17.6 Å². The normalized spacial score (nSPS) is 11.0. The van der Waals surface area contributed by atoms with Gasteiger partial charge in [-0.3, -0.25) is 4.57 Å². The maximum absolute atomic E-state index is 13.9. The Hall–Kier alpha value is -2.68. The van der Waals surface area contributed by atoms with E-state index in [1.165, 1.54) is 0 Å². The number of aromatic nitrogens is 4. The van der Waals surface area contributed by atoms with Crippen LogP contribution in [0.25, 0.3) is 11.4 Å². The Morgan fingerprint density at radius 1 is 1.12 bits per heavy atom. The van der Waals surface area contributed by atoms with Gasteiger partial charge >= 0.3 is 0 Å². The Labute approximate surface area is 150 Å². The highest BCUT2D eigenvalue weighted by Crippen LogP contribution is 2.34. The van der Waals surface area contributed by atoms with Gasteiger partial charge in [0.05, 0.1) is 4.90 Å². The molecule has 0 saturated heterocycles. The van der Waals surface area contributed by atoms with Gasteiger partial charge in [-0.15, -0.1) is 16.8 Å². The molecule has 2 aromatic heterocycles. The lowest BCUT2D eigenvalue weighted by atomic mass is 10.1. The average Bonchev–Trinajstić information content (AvgIpc) is 3.00. The van der Waals surface area contributed by atoms with Crippen LogP contribution in [0.1, 0.15) is 5.56 Å². The van der Waals surface area contributed by atoms with Crippen LogP contribution in [0.3, 0.4) is 0 Å². The van der Waals surface area contributed by atoms with E-state index in [2.05, 4.69) is 21.8 Å². The van der Waals surface area contributed by atoms with Crippen LogP contribution in [0.15, 0.2) is 47.0 Å². The predicted octanol–water partition coefficient (Wildman–Crippen LogP) is 4.54. The van der Waals surface area contributed by atoms with Crippen LogP contribution in [0.2, 0.25) is 0 Å². The number of pyridine rings is 1. The van der Waals surface area contributed by atoms with Crippen LogP contribution in [0, 0.1) is 30.5 Å². The molecule has 0 aliphatic heterocycles. The topological polar surface area (TPSA) is 43.6 Å². The van der Waals surface area contributed by atoms with Crippen LogP contribution in [0.5, 0.6) is 0 Å². The molecule has 0 amide bonds. The van der Waals surface area contributed by atoms with Gasteiger partial charge in [0.15, 0.2) is 22.6 Å². The number of hydrogen-bond acceptors (Lipinski definition) is 4. The van der Waals surface area contributed by atoms with Crippen LogP contribution >= 0.6 is 11.8 Å². The van der Waals surface area contributed by atoms with Crippen molar-refractivity contribution in [3.8, 4) is 11.4 Å². The fourth-order valence-corrected chi connectivity index (χ4v) is 3.19. The lowest BCUT2D eigenvalue weighted by Gasteiger charge is -2.09. The number of rotatable bonds is 5. The van der Waals surface area contributed by atoms with Crippen molar-refractivity contribution in [2.24, 2.45) is 0 Å². The van der Waals surface area contributed by atoms with Gasteiger partial charge in [0.25, 0.3) is 11.9 Å². The first-order valence-electron chi connectivity index (χ1n) is 7.41. The molecule has 0 aliphatic carbocycles. The zero-order valence-corrected chi connectivity index (χ0v) is 14.3. The highest BCUT2D eigenvalue weighted by molar-refractivity contribution is 7.99. The fourth-order valence-electron chi connectivity index (χ4n) is 2.30. The van der Waals surface area contributed by atoms with E-state index < -0.39 is 28.4 Å². The van der Waals surface area contributed by atoms with Gasteiger partial charge in [-0.25, -0.2) is 8.78 Å². The van der Waals surface area contributed by atoms with Crippen LogP contribution in [-0.4, -0.2) is 19.7 Å². The molecule has 0 saturated carbocycles. The van der Waals surface area contributed by atoms with Gasteiger partial charge in [0.2, 0.25) is 0 Å². The third kappa shape index (κ3) is 3.34. The molecule has 3 aromatic rings. The number of allylic oxidation sites excluding steroid dienone is 1. The fraction of sp³-hybridized carbons (Fsp3) is 0.118. The monoisotopic (exact) mass is 380 g/mol. The number of halogens is 4. The number of nitrogens with zero attached hydrogens (tertiary/aromatic N) is 4. The van der Waals surface area contributed by atoms with Crippen molar-refractivity contribution < 1.29 is 17.6 Å². The van der Waals surface area contributed by atoms with E-state index in [0.29, 0.717) is 17.6 Å². The Morgan fingerprint density at radius 2 is 1.81 bits per heavy atom. The summed E-state index contributed by atoms with van der Waals surface area (Å²) in [5, 5.41) is 8.01. The second kappa shape index (κ2) is 7.28. The lowest BCUT2D eigenvalue weighted by Crippen LogP contribution is -2.04. The first kappa shape index (κ1) is 18.1. The molecule has 3 rings (SSSR count). The molecule has 0 unspecified atom stereocenters. The van der Waals surface area contributed by atoms with Crippen LogP contribution < -0.4 is 0 Å². The average molecular weight is 380 g/mol. The third-order valence-corrected chi connectivity index (χ3v) is 4.50. The minimum Gasteiger partial charge on any atom is -0.298 e. The standard InChI is InChI=1S/C17H12F4N4S/c1-3-7-25-16(10-6-4-5-9(2)8-10)23-24-17(25)26-13-11(18)14(20)22-15(21)12(13)19/h3-6,8H,1,7H2,2H3. The van der Waals surface area contributed by atoms with Crippen LogP contribution in [0.4, 0.5) is 17.6 Å². The summed E-state index contributed by atoms with van der Waals surface area (Å²) in [6.07, 6.45) is 1.55. The minimum atomic E-state index is -1.72. The van der Waals surface area contributed by atoms with Gasteiger partial charge < -0.3 is 0 Å². The molecule has 0 N–H and O–H groups in total. The molecule has 2 heterocycles. The maximum atomic E-state index is 13.9. The molecule has 0 radical (unpaired) electrons. The van der Waals surface area contributed by atoms with Gasteiger partial charge in [0.1, 0.15) is 0 Å².